The third-order valence-electron chi connectivity index (χ3n) is 5.56. The van der Waals surface area contributed by atoms with E-state index < -0.39 is 0 Å². The monoisotopic (exact) mass is 367 g/mol. The first-order chi connectivity index (χ1) is 12.6. The topological polar surface area (TPSA) is 31.1 Å². The summed E-state index contributed by atoms with van der Waals surface area (Å²) in [6.45, 7) is 0. The predicted molar refractivity (Wildman–Crippen MR) is 112 cm³/mol. The predicted octanol–water partition coefficient (Wildman–Crippen LogP) is 5.77. The molecule has 0 aliphatic heterocycles. The van der Waals surface area contributed by atoms with Crippen molar-refractivity contribution < 1.29 is 0 Å². The average molecular weight is 368 g/mol. The number of halogens is 1. The number of aromatic amines is 1. The number of fused-ring (bicyclic) bond motifs is 1. The summed E-state index contributed by atoms with van der Waals surface area (Å²) in [5.41, 5.74) is 4.57. The summed E-state index contributed by atoms with van der Waals surface area (Å²) in [6.07, 6.45) is 4.88. The molecule has 2 aromatic carbocycles. The van der Waals surface area contributed by atoms with E-state index in [0.29, 0.717) is 12.1 Å². The number of hydrogen-bond donors (Lipinski definition) is 2. The van der Waals surface area contributed by atoms with Crippen LogP contribution in [0, 0.1) is 0 Å². The van der Waals surface area contributed by atoms with Crippen LogP contribution in [-0.4, -0.2) is 36.1 Å². The maximum absolute atomic E-state index is 6.40. The molecule has 1 saturated carbocycles. The molecule has 0 amide bonds. The normalized spacial score (nSPS) is 20.6. The number of nitrogens with one attached hydrogen (secondary N) is 2. The Labute approximate surface area is 160 Å². The molecule has 0 spiro atoms. The van der Waals surface area contributed by atoms with Crippen molar-refractivity contribution >= 4 is 28.2 Å². The zero-order valence-electron chi connectivity index (χ0n) is 15.4. The van der Waals surface area contributed by atoms with Gasteiger partial charge in [-0.05, 0) is 63.5 Å². The zero-order valence-corrected chi connectivity index (χ0v) is 16.2. The van der Waals surface area contributed by atoms with E-state index in [-0.39, 0.29) is 0 Å². The van der Waals surface area contributed by atoms with Crippen LogP contribution in [-0.2, 0) is 0 Å². The van der Waals surface area contributed by atoms with Crippen LogP contribution in [0.2, 0.25) is 5.02 Å². The molecule has 0 unspecified atom stereocenters. The van der Waals surface area contributed by atoms with Crippen LogP contribution in [0.15, 0.2) is 48.5 Å². The third kappa shape index (κ3) is 3.60. The summed E-state index contributed by atoms with van der Waals surface area (Å²) in [5, 5.41) is 5.69. The van der Waals surface area contributed by atoms with Crippen molar-refractivity contribution in [2.24, 2.45) is 0 Å². The van der Waals surface area contributed by atoms with Crippen LogP contribution in [0.5, 0.6) is 0 Å². The lowest BCUT2D eigenvalue weighted by molar-refractivity contribution is 0.221. The van der Waals surface area contributed by atoms with Crippen LogP contribution < -0.4 is 5.32 Å². The molecule has 1 aliphatic carbocycles. The fourth-order valence-corrected chi connectivity index (χ4v) is 4.28. The summed E-state index contributed by atoms with van der Waals surface area (Å²) in [4.78, 5) is 5.95. The van der Waals surface area contributed by atoms with Crippen molar-refractivity contribution in [3.63, 3.8) is 0 Å². The minimum Gasteiger partial charge on any atom is -0.381 e. The van der Waals surface area contributed by atoms with E-state index in [0.717, 1.165) is 27.3 Å². The molecule has 0 saturated heterocycles. The van der Waals surface area contributed by atoms with Crippen molar-refractivity contribution in [3.8, 4) is 11.3 Å². The Morgan fingerprint density at radius 1 is 1.00 bits per heavy atom. The Balaban J connectivity index is 1.60. The molecule has 1 fully saturated rings. The Hall–Kier alpha value is -1.97. The summed E-state index contributed by atoms with van der Waals surface area (Å²) >= 11 is 6.40. The van der Waals surface area contributed by atoms with Gasteiger partial charge in [-0.25, -0.2) is 0 Å². The molecule has 3 aromatic rings. The highest BCUT2D eigenvalue weighted by Crippen LogP contribution is 2.33. The van der Waals surface area contributed by atoms with Crippen molar-refractivity contribution in [1.29, 1.82) is 0 Å². The standard InChI is InChI=1S/C22H26ClN3/c1-26(2)19-10-8-18(9-11-19)24-21-14-17(23)12-16-13-20(25-22(16)21)15-6-4-3-5-7-15/h3-7,12-14,18-19,24-25H,8-11H2,1-2H3. The lowest BCUT2D eigenvalue weighted by Crippen LogP contribution is -2.36. The molecule has 4 heteroatoms. The number of aromatic nitrogens is 1. The Bertz CT molecular complexity index is 877. The molecular formula is C22H26ClN3. The van der Waals surface area contributed by atoms with E-state index in [1.807, 2.05) is 18.2 Å². The fraction of sp³-hybridized carbons (Fsp3) is 0.364. The van der Waals surface area contributed by atoms with Gasteiger partial charge in [0.2, 0.25) is 0 Å². The molecule has 1 aromatic heterocycles. The first-order valence-electron chi connectivity index (χ1n) is 9.41. The minimum atomic E-state index is 0.511. The maximum Gasteiger partial charge on any atom is 0.0695 e. The average Bonchev–Trinajstić information content (AvgIpc) is 3.07. The van der Waals surface area contributed by atoms with Crippen LogP contribution in [0.1, 0.15) is 25.7 Å². The molecule has 0 bridgehead atoms. The van der Waals surface area contributed by atoms with Crippen LogP contribution in [0.3, 0.4) is 0 Å². The molecule has 136 valence electrons. The van der Waals surface area contributed by atoms with E-state index in [4.69, 9.17) is 11.6 Å². The van der Waals surface area contributed by atoms with Gasteiger partial charge in [0.15, 0.2) is 0 Å². The number of hydrogen-bond acceptors (Lipinski definition) is 2. The smallest absolute Gasteiger partial charge is 0.0695 e. The van der Waals surface area contributed by atoms with Crippen LogP contribution in [0.25, 0.3) is 22.2 Å². The van der Waals surface area contributed by atoms with Gasteiger partial charge in [-0.1, -0.05) is 41.9 Å². The van der Waals surface area contributed by atoms with Gasteiger partial charge in [-0.3, -0.25) is 0 Å². The molecular weight excluding hydrogens is 342 g/mol. The third-order valence-corrected chi connectivity index (χ3v) is 5.78. The first-order valence-corrected chi connectivity index (χ1v) is 9.78. The second kappa shape index (κ2) is 7.34. The van der Waals surface area contributed by atoms with Gasteiger partial charge in [0, 0.05) is 28.2 Å². The molecule has 26 heavy (non-hydrogen) atoms. The number of nitrogens with zero attached hydrogens (tertiary/aromatic N) is 1. The number of H-pyrrole nitrogens is 1. The van der Waals surface area contributed by atoms with Crippen molar-refractivity contribution in [2.45, 2.75) is 37.8 Å². The van der Waals surface area contributed by atoms with Gasteiger partial charge in [0.05, 0.1) is 11.2 Å². The highest BCUT2D eigenvalue weighted by Gasteiger charge is 2.23. The maximum atomic E-state index is 6.40. The van der Waals surface area contributed by atoms with E-state index in [9.17, 15) is 0 Å². The summed E-state index contributed by atoms with van der Waals surface area (Å²) in [7, 11) is 4.37. The molecule has 0 atom stereocenters. The van der Waals surface area contributed by atoms with E-state index in [2.05, 4.69) is 59.6 Å². The molecule has 4 rings (SSSR count). The van der Waals surface area contributed by atoms with E-state index >= 15 is 0 Å². The second-order valence-electron chi connectivity index (χ2n) is 7.58. The summed E-state index contributed by atoms with van der Waals surface area (Å²) < 4.78 is 0. The van der Waals surface area contributed by atoms with Crippen LogP contribution >= 0.6 is 11.6 Å². The quantitative estimate of drug-likeness (QED) is 0.613. The summed E-state index contributed by atoms with van der Waals surface area (Å²) in [5.74, 6) is 0. The molecule has 1 aliphatic rings. The van der Waals surface area contributed by atoms with Gasteiger partial charge in [-0.15, -0.1) is 0 Å². The van der Waals surface area contributed by atoms with Crippen molar-refractivity contribution in [1.82, 2.24) is 9.88 Å². The minimum absolute atomic E-state index is 0.511. The van der Waals surface area contributed by atoms with E-state index in [1.165, 1.54) is 31.2 Å². The number of rotatable bonds is 4. The SMILES string of the molecule is CN(C)C1CCC(Nc2cc(Cl)cc3cc(-c4ccccc4)[nH]c23)CC1. The van der Waals surface area contributed by atoms with Crippen molar-refractivity contribution in [3.05, 3.63) is 53.6 Å². The van der Waals surface area contributed by atoms with Gasteiger partial charge < -0.3 is 15.2 Å². The van der Waals surface area contributed by atoms with Crippen molar-refractivity contribution in [2.75, 3.05) is 19.4 Å². The molecule has 3 nitrogen and oxygen atoms in total. The van der Waals surface area contributed by atoms with E-state index in [1.54, 1.807) is 0 Å². The Kier molecular flexibility index (Phi) is 4.92. The molecule has 0 radical (unpaired) electrons. The van der Waals surface area contributed by atoms with Gasteiger partial charge in [0.25, 0.3) is 0 Å². The number of benzene rings is 2. The van der Waals surface area contributed by atoms with Gasteiger partial charge in [0.1, 0.15) is 0 Å². The molecule has 1 heterocycles. The van der Waals surface area contributed by atoms with Crippen LogP contribution in [0.4, 0.5) is 5.69 Å². The lowest BCUT2D eigenvalue weighted by atomic mass is 9.90. The highest BCUT2D eigenvalue weighted by atomic mass is 35.5. The Morgan fingerprint density at radius 2 is 1.73 bits per heavy atom. The zero-order chi connectivity index (χ0) is 18.1. The summed E-state index contributed by atoms with van der Waals surface area (Å²) in [6, 6.07) is 17.9. The van der Waals surface area contributed by atoms with Gasteiger partial charge >= 0.3 is 0 Å². The second-order valence-corrected chi connectivity index (χ2v) is 8.02. The first kappa shape index (κ1) is 17.4. The van der Waals surface area contributed by atoms with Gasteiger partial charge in [-0.2, -0.15) is 0 Å². The number of anilines is 1. The fourth-order valence-electron chi connectivity index (χ4n) is 4.05. The highest BCUT2D eigenvalue weighted by molar-refractivity contribution is 6.32. The largest absolute Gasteiger partial charge is 0.381 e. The lowest BCUT2D eigenvalue weighted by Gasteiger charge is -2.33. The Morgan fingerprint density at radius 3 is 2.42 bits per heavy atom. The molecule has 2 N–H and O–H groups in total.